The predicted octanol–water partition coefficient (Wildman–Crippen LogP) is 1.67. The van der Waals surface area contributed by atoms with Gasteiger partial charge >= 0.3 is 0 Å². The second kappa shape index (κ2) is 5.17. The summed E-state index contributed by atoms with van der Waals surface area (Å²) in [4.78, 5) is 0.203. The SMILES string of the molecule is Cc1ccc(C#N)cc1S(=O)(=O)N1CCOC(C)(C)C1. The number of nitrogens with zero attached hydrogens (tertiary/aromatic N) is 2. The van der Waals surface area contributed by atoms with Gasteiger partial charge < -0.3 is 4.74 Å². The van der Waals surface area contributed by atoms with E-state index in [-0.39, 0.29) is 4.90 Å². The molecule has 0 amide bonds. The third-order valence-electron chi connectivity index (χ3n) is 3.33. The molecule has 1 fully saturated rings. The predicted molar refractivity (Wildman–Crippen MR) is 74.7 cm³/mol. The molecule has 1 aliphatic heterocycles. The fourth-order valence-corrected chi connectivity index (χ4v) is 4.09. The van der Waals surface area contributed by atoms with E-state index in [0.717, 1.165) is 0 Å². The number of hydrogen-bond donors (Lipinski definition) is 0. The molecule has 20 heavy (non-hydrogen) atoms. The molecule has 6 heteroatoms. The number of sulfonamides is 1. The van der Waals surface area contributed by atoms with E-state index in [0.29, 0.717) is 30.8 Å². The normalized spacial score (nSPS) is 19.5. The van der Waals surface area contributed by atoms with Crippen molar-refractivity contribution < 1.29 is 13.2 Å². The van der Waals surface area contributed by atoms with E-state index in [1.165, 1.54) is 10.4 Å². The summed E-state index contributed by atoms with van der Waals surface area (Å²) < 4.78 is 32.4. The van der Waals surface area contributed by atoms with Crippen LogP contribution in [0.25, 0.3) is 0 Å². The molecule has 0 atom stereocenters. The monoisotopic (exact) mass is 294 g/mol. The van der Waals surface area contributed by atoms with Crippen LogP contribution in [0.1, 0.15) is 25.0 Å². The maximum Gasteiger partial charge on any atom is 0.243 e. The van der Waals surface area contributed by atoms with Crippen LogP contribution in [0.2, 0.25) is 0 Å². The van der Waals surface area contributed by atoms with Gasteiger partial charge in [0.1, 0.15) is 0 Å². The Bertz CT molecular complexity index is 659. The fraction of sp³-hybridized carbons (Fsp3) is 0.500. The molecule has 1 aromatic rings. The summed E-state index contributed by atoms with van der Waals surface area (Å²) in [6.45, 7) is 6.50. The summed E-state index contributed by atoms with van der Waals surface area (Å²) in [6, 6.07) is 6.70. The molecule has 0 unspecified atom stereocenters. The number of benzene rings is 1. The number of rotatable bonds is 2. The molecule has 1 aromatic carbocycles. The van der Waals surface area contributed by atoms with Crippen molar-refractivity contribution in [3.63, 3.8) is 0 Å². The summed E-state index contributed by atoms with van der Waals surface area (Å²) in [5, 5.41) is 8.93. The molecular weight excluding hydrogens is 276 g/mol. The van der Waals surface area contributed by atoms with Crippen LogP contribution in [0, 0.1) is 18.3 Å². The molecule has 0 aromatic heterocycles. The van der Waals surface area contributed by atoms with Gasteiger partial charge in [-0.1, -0.05) is 6.07 Å². The van der Waals surface area contributed by atoms with Gasteiger partial charge in [0.25, 0.3) is 0 Å². The molecule has 1 saturated heterocycles. The average molecular weight is 294 g/mol. The Morgan fingerprint density at radius 2 is 2.10 bits per heavy atom. The Balaban J connectivity index is 2.43. The van der Waals surface area contributed by atoms with Crippen LogP contribution in [0.3, 0.4) is 0 Å². The van der Waals surface area contributed by atoms with Crippen LogP contribution in [0.4, 0.5) is 0 Å². The highest BCUT2D eigenvalue weighted by Crippen LogP contribution is 2.26. The highest BCUT2D eigenvalue weighted by molar-refractivity contribution is 7.89. The maximum absolute atomic E-state index is 12.7. The fourth-order valence-electron chi connectivity index (χ4n) is 2.26. The Hall–Kier alpha value is -1.42. The largest absolute Gasteiger partial charge is 0.373 e. The van der Waals surface area contributed by atoms with E-state index in [1.807, 2.05) is 19.9 Å². The topological polar surface area (TPSA) is 70.4 Å². The van der Waals surface area contributed by atoms with E-state index in [4.69, 9.17) is 10.00 Å². The van der Waals surface area contributed by atoms with Crippen molar-refractivity contribution in [3.8, 4) is 6.07 Å². The van der Waals surface area contributed by atoms with E-state index in [9.17, 15) is 8.42 Å². The molecule has 5 nitrogen and oxygen atoms in total. The summed E-state index contributed by atoms with van der Waals surface area (Å²) >= 11 is 0. The first-order valence-corrected chi connectivity index (χ1v) is 7.85. The lowest BCUT2D eigenvalue weighted by Gasteiger charge is -2.37. The lowest BCUT2D eigenvalue weighted by Crippen LogP contribution is -2.50. The van der Waals surface area contributed by atoms with Gasteiger partial charge in [-0.3, -0.25) is 0 Å². The average Bonchev–Trinajstić information content (AvgIpc) is 2.38. The smallest absolute Gasteiger partial charge is 0.243 e. The number of hydrogen-bond acceptors (Lipinski definition) is 4. The van der Waals surface area contributed by atoms with Crippen molar-refractivity contribution in [1.82, 2.24) is 4.31 Å². The first-order valence-electron chi connectivity index (χ1n) is 6.41. The number of aryl methyl sites for hydroxylation is 1. The van der Waals surface area contributed by atoms with E-state index in [1.54, 1.807) is 19.1 Å². The second-order valence-electron chi connectivity index (χ2n) is 5.54. The van der Waals surface area contributed by atoms with Crippen molar-refractivity contribution in [1.29, 1.82) is 5.26 Å². The van der Waals surface area contributed by atoms with Gasteiger partial charge in [0, 0.05) is 13.1 Å². The third-order valence-corrected chi connectivity index (χ3v) is 5.31. The highest BCUT2D eigenvalue weighted by Gasteiger charge is 2.35. The zero-order valence-corrected chi connectivity index (χ0v) is 12.7. The number of ether oxygens (including phenoxy) is 1. The Morgan fingerprint density at radius 1 is 1.40 bits per heavy atom. The van der Waals surface area contributed by atoms with Crippen molar-refractivity contribution in [2.45, 2.75) is 31.3 Å². The zero-order chi connectivity index (χ0) is 15.0. The molecule has 0 spiro atoms. The van der Waals surface area contributed by atoms with Crippen molar-refractivity contribution in [3.05, 3.63) is 29.3 Å². The van der Waals surface area contributed by atoms with Crippen LogP contribution < -0.4 is 0 Å². The van der Waals surface area contributed by atoms with Gasteiger partial charge in [-0.2, -0.15) is 9.57 Å². The molecule has 0 radical (unpaired) electrons. The van der Waals surface area contributed by atoms with Gasteiger partial charge in [-0.05, 0) is 38.5 Å². The number of nitriles is 1. The minimum absolute atomic E-state index is 0.203. The Kier molecular flexibility index (Phi) is 3.87. The van der Waals surface area contributed by atoms with E-state index in [2.05, 4.69) is 0 Å². The molecule has 108 valence electrons. The molecule has 2 rings (SSSR count). The Morgan fingerprint density at radius 3 is 2.70 bits per heavy atom. The molecule has 0 N–H and O–H groups in total. The number of morpholine rings is 1. The van der Waals surface area contributed by atoms with Crippen LogP contribution in [0.15, 0.2) is 23.1 Å². The third kappa shape index (κ3) is 2.85. The van der Waals surface area contributed by atoms with Crippen molar-refractivity contribution in [2.75, 3.05) is 19.7 Å². The zero-order valence-electron chi connectivity index (χ0n) is 11.9. The van der Waals surface area contributed by atoms with Crippen LogP contribution in [-0.4, -0.2) is 38.0 Å². The maximum atomic E-state index is 12.7. The first kappa shape index (κ1) is 15.0. The molecule has 1 aliphatic rings. The van der Waals surface area contributed by atoms with Crippen LogP contribution >= 0.6 is 0 Å². The second-order valence-corrected chi connectivity index (χ2v) is 7.45. The van der Waals surface area contributed by atoms with Crippen molar-refractivity contribution >= 4 is 10.0 Å². The summed E-state index contributed by atoms with van der Waals surface area (Å²) in [5.41, 5.74) is 0.501. The van der Waals surface area contributed by atoms with Gasteiger partial charge in [0.2, 0.25) is 10.0 Å². The molecule has 0 aliphatic carbocycles. The molecule has 0 saturated carbocycles. The van der Waals surface area contributed by atoms with Crippen LogP contribution in [0.5, 0.6) is 0 Å². The van der Waals surface area contributed by atoms with E-state index < -0.39 is 15.6 Å². The van der Waals surface area contributed by atoms with E-state index >= 15 is 0 Å². The lowest BCUT2D eigenvalue weighted by atomic mass is 10.1. The molecular formula is C14H18N2O3S. The lowest BCUT2D eigenvalue weighted by molar-refractivity contribution is -0.0640. The van der Waals surface area contributed by atoms with Crippen LogP contribution in [-0.2, 0) is 14.8 Å². The summed E-state index contributed by atoms with van der Waals surface area (Å²) in [7, 11) is -3.59. The minimum Gasteiger partial charge on any atom is -0.373 e. The van der Waals surface area contributed by atoms with Gasteiger partial charge in [-0.15, -0.1) is 0 Å². The molecule has 1 heterocycles. The molecule has 0 bridgehead atoms. The highest BCUT2D eigenvalue weighted by atomic mass is 32.2. The van der Waals surface area contributed by atoms with Gasteiger partial charge in [0.15, 0.2) is 0 Å². The standard InChI is InChI=1S/C14H18N2O3S/c1-11-4-5-12(9-15)8-13(11)20(17,18)16-6-7-19-14(2,3)10-16/h4-5,8H,6-7,10H2,1-3H3. The van der Waals surface area contributed by atoms with Gasteiger partial charge in [-0.25, -0.2) is 8.42 Å². The summed E-state index contributed by atoms with van der Waals surface area (Å²) in [6.07, 6.45) is 0. The quantitative estimate of drug-likeness (QED) is 0.832. The van der Waals surface area contributed by atoms with Crippen molar-refractivity contribution in [2.24, 2.45) is 0 Å². The first-order chi connectivity index (χ1) is 9.26. The van der Waals surface area contributed by atoms with Gasteiger partial charge in [0.05, 0.1) is 28.7 Å². The Labute approximate surface area is 119 Å². The summed E-state index contributed by atoms with van der Waals surface area (Å²) in [5.74, 6) is 0. The minimum atomic E-state index is -3.59.